The number of hydrogen-bond acceptors (Lipinski definition) is 2. The number of carbonyl (C=O) groups excluding carboxylic acids is 1. The molecule has 0 atom stereocenters. The van der Waals surface area contributed by atoms with Gasteiger partial charge in [0.15, 0.2) is 0 Å². The van der Waals surface area contributed by atoms with Crippen LogP contribution in [-0.4, -0.2) is 23.1 Å². The van der Waals surface area contributed by atoms with Crippen molar-refractivity contribution in [1.82, 2.24) is 5.32 Å². The van der Waals surface area contributed by atoms with Gasteiger partial charge in [-0.15, -0.1) is 0 Å². The molecule has 104 valence electrons. The number of carboxylic acids is 1. The van der Waals surface area contributed by atoms with E-state index in [9.17, 15) is 14.0 Å². The molecule has 3 N–H and O–H groups in total. The molecular weight excluding hydrogens is 251 g/mol. The summed E-state index contributed by atoms with van der Waals surface area (Å²) in [5.74, 6) is -1.83. The van der Waals surface area contributed by atoms with E-state index in [4.69, 9.17) is 5.11 Å². The Bertz CT molecular complexity index is 473. The molecule has 0 radical (unpaired) electrons. The number of rotatable bonds is 5. The Hall–Kier alpha value is -2.11. The van der Waals surface area contributed by atoms with Gasteiger partial charge in [-0.05, 0) is 31.0 Å². The van der Waals surface area contributed by atoms with Gasteiger partial charge in [-0.25, -0.2) is 14.0 Å². The van der Waals surface area contributed by atoms with E-state index < -0.39 is 17.8 Å². The second kappa shape index (κ2) is 6.72. The van der Waals surface area contributed by atoms with Crippen LogP contribution in [-0.2, 0) is 0 Å². The molecule has 1 aromatic rings. The fourth-order valence-electron chi connectivity index (χ4n) is 1.64. The molecular formula is C13H17FN2O3. The van der Waals surface area contributed by atoms with Crippen molar-refractivity contribution in [2.45, 2.75) is 32.7 Å². The molecule has 0 fully saturated rings. The van der Waals surface area contributed by atoms with E-state index in [2.05, 4.69) is 10.6 Å². The van der Waals surface area contributed by atoms with Crippen LogP contribution in [0.15, 0.2) is 18.2 Å². The summed E-state index contributed by atoms with van der Waals surface area (Å²) in [6.45, 7) is 3.86. The van der Waals surface area contributed by atoms with Gasteiger partial charge < -0.3 is 15.7 Å². The van der Waals surface area contributed by atoms with Gasteiger partial charge in [-0.1, -0.05) is 13.8 Å². The van der Waals surface area contributed by atoms with E-state index >= 15 is 0 Å². The van der Waals surface area contributed by atoms with Crippen molar-refractivity contribution in [2.24, 2.45) is 0 Å². The second-order valence-electron chi connectivity index (χ2n) is 4.11. The van der Waals surface area contributed by atoms with Crippen LogP contribution >= 0.6 is 0 Å². The molecule has 19 heavy (non-hydrogen) atoms. The van der Waals surface area contributed by atoms with E-state index in [0.29, 0.717) is 0 Å². The maximum atomic E-state index is 13.1. The quantitative estimate of drug-likeness (QED) is 0.768. The third kappa shape index (κ3) is 4.24. The number of amides is 2. The number of halogens is 1. The number of nitrogens with one attached hydrogen (secondary N) is 2. The Balaban J connectivity index is 2.83. The summed E-state index contributed by atoms with van der Waals surface area (Å²) >= 11 is 0. The summed E-state index contributed by atoms with van der Waals surface area (Å²) in [5, 5.41) is 14.0. The monoisotopic (exact) mass is 268 g/mol. The fraction of sp³-hybridized carbons (Fsp3) is 0.385. The molecule has 0 aliphatic carbocycles. The van der Waals surface area contributed by atoms with Gasteiger partial charge in [0.05, 0.1) is 11.3 Å². The first kappa shape index (κ1) is 14.9. The molecule has 0 unspecified atom stereocenters. The minimum atomic E-state index is -1.22. The zero-order valence-electron chi connectivity index (χ0n) is 10.9. The molecule has 0 aliphatic heterocycles. The van der Waals surface area contributed by atoms with Crippen molar-refractivity contribution in [3.05, 3.63) is 29.6 Å². The maximum absolute atomic E-state index is 13.1. The van der Waals surface area contributed by atoms with Crippen LogP contribution in [0.2, 0.25) is 0 Å². The summed E-state index contributed by atoms with van der Waals surface area (Å²) in [4.78, 5) is 22.6. The van der Waals surface area contributed by atoms with Crippen LogP contribution in [0.1, 0.15) is 37.0 Å². The van der Waals surface area contributed by atoms with Gasteiger partial charge >= 0.3 is 12.0 Å². The third-order valence-electron chi connectivity index (χ3n) is 2.78. The second-order valence-corrected chi connectivity index (χ2v) is 4.11. The molecule has 0 saturated heterocycles. The summed E-state index contributed by atoms with van der Waals surface area (Å²) in [5.41, 5.74) is -0.211. The average Bonchev–Trinajstić information content (AvgIpc) is 2.35. The van der Waals surface area contributed by atoms with Gasteiger partial charge in [0, 0.05) is 6.04 Å². The topological polar surface area (TPSA) is 78.4 Å². The number of benzene rings is 1. The van der Waals surface area contributed by atoms with Crippen molar-refractivity contribution in [2.75, 3.05) is 5.32 Å². The Kier molecular flexibility index (Phi) is 5.29. The van der Waals surface area contributed by atoms with Crippen molar-refractivity contribution in [3.8, 4) is 0 Å². The average molecular weight is 268 g/mol. The predicted octanol–water partition coefficient (Wildman–Crippen LogP) is 2.83. The summed E-state index contributed by atoms with van der Waals surface area (Å²) < 4.78 is 13.1. The third-order valence-corrected chi connectivity index (χ3v) is 2.78. The summed E-state index contributed by atoms with van der Waals surface area (Å²) in [6.07, 6.45) is 1.53. The lowest BCUT2D eigenvalue weighted by molar-refractivity contribution is 0.0698. The highest BCUT2D eigenvalue weighted by molar-refractivity contribution is 6.00. The molecule has 0 aliphatic rings. The highest BCUT2D eigenvalue weighted by Gasteiger charge is 2.14. The van der Waals surface area contributed by atoms with Gasteiger partial charge in [0.25, 0.3) is 0 Å². The normalized spacial score (nSPS) is 10.3. The van der Waals surface area contributed by atoms with Crippen LogP contribution in [0.5, 0.6) is 0 Å². The van der Waals surface area contributed by atoms with Crippen LogP contribution in [0, 0.1) is 5.82 Å². The minimum Gasteiger partial charge on any atom is -0.478 e. The van der Waals surface area contributed by atoms with Gasteiger partial charge in [0.1, 0.15) is 5.82 Å². The molecule has 0 saturated carbocycles. The largest absolute Gasteiger partial charge is 0.478 e. The zero-order chi connectivity index (χ0) is 14.4. The highest BCUT2D eigenvalue weighted by Crippen LogP contribution is 2.17. The number of anilines is 1. The smallest absolute Gasteiger partial charge is 0.337 e. The fourth-order valence-corrected chi connectivity index (χ4v) is 1.64. The van der Waals surface area contributed by atoms with Crippen LogP contribution < -0.4 is 10.6 Å². The highest BCUT2D eigenvalue weighted by atomic mass is 19.1. The molecule has 0 bridgehead atoms. The number of carbonyl (C=O) groups is 2. The number of hydrogen-bond donors (Lipinski definition) is 3. The molecule has 1 aromatic carbocycles. The molecule has 1 rings (SSSR count). The first-order chi connectivity index (χ1) is 8.97. The Labute approximate surface area is 110 Å². The lowest BCUT2D eigenvalue weighted by atomic mass is 10.1. The lowest BCUT2D eigenvalue weighted by Crippen LogP contribution is -2.37. The number of carboxylic acid groups (broad SMARTS) is 1. The summed E-state index contributed by atoms with van der Waals surface area (Å²) in [7, 11) is 0. The Morgan fingerprint density at radius 2 is 1.95 bits per heavy atom. The molecule has 5 nitrogen and oxygen atoms in total. The Morgan fingerprint density at radius 1 is 1.32 bits per heavy atom. The Morgan fingerprint density at radius 3 is 2.47 bits per heavy atom. The van der Waals surface area contributed by atoms with Gasteiger partial charge in [-0.3, -0.25) is 0 Å². The number of urea groups is 1. The predicted molar refractivity (Wildman–Crippen MR) is 69.9 cm³/mol. The van der Waals surface area contributed by atoms with E-state index in [1.165, 1.54) is 0 Å². The van der Waals surface area contributed by atoms with Crippen molar-refractivity contribution in [1.29, 1.82) is 0 Å². The van der Waals surface area contributed by atoms with E-state index in [1.807, 2.05) is 13.8 Å². The van der Waals surface area contributed by atoms with Crippen molar-refractivity contribution in [3.63, 3.8) is 0 Å². The van der Waals surface area contributed by atoms with Crippen LogP contribution in [0.3, 0.4) is 0 Å². The van der Waals surface area contributed by atoms with E-state index in [0.717, 1.165) is 31.0 Å². The first-order valence-electron chi connectivity index (χ1n) is 6.08. The van der Waals surface area contributed by atoms with Gasteiger partial charge in [0.2, 0.25) is 0 Å². The molecule has 0 spiro atoms. The SMILES string of the molecule is CCC(CC)NC(=O)Nc1cc(F)ccc1C(=O)O. The molecule has 0 heterocycles. The van der Waals surface area contributed by atoms with Crippen LogP contribution in [0.25, 0.3) is 0 Å². The lowest BCUT2D eigenvalue weighted by Gasteiger charge is -2.16. The molecule has 2 amide bonds. The van der Waals surface area contributed by atoms with Gasteiger partial charge in [-0.2, -0.15) is 0 Å². The van der Waals surface area contributed by atoms with Crippen LogP contribution in [0.4, 0.5) is 14.9 Å². The maximum Gasteiger partial charge on any atom is 0.337 e. The molecule has 0 aromatic heterocycles. The molecule has 6 heteroatoms. The van der Waals surface area contributed by atoms with Crippen molar-refractivity contribution < 1.29 is 19.1 Å². The first-order valence-corrected chi connectivity index (χ1v) is 6.08. The van der Waals surface area contributed by atoms with E-state index in [-0.39, 0.29) is 17.3 Å². The van der Waals surface area contributed by atoms with E-state index in [1.54, 1.807) is 0 Å². The zero-order valence-corrected chi connectivity index (χ0v) is 10.9. The minimum absolute atomic E-state index is 0.00170. The number of aromatic carboxylic acids is 1. The van der Waals surface area contributed by atoms with Crippen molar-refractivity contribution >= 4 is 17.7 Å². The standard InChI is InChI=1S/C13H17FN2O3/c1-3-9(4-2)15-13(19)16-11-7-8(14)5-6-10(11)12(17)18/h5-7,9H,3-4H2,1-2H3,(H,17,18)(H2,15,16,19). The summed E-state index contributed by atoms with van der Waals surface area (Å²) in [6, 6.07) is 2.59.